The lowest BCUT2D eigenvalue weighted by Crippen LogP contribution is -2.43. The molecule has 2 saturated heterocycles. The maximum absolute atomic E-state index is 11.1. The van der Waals surface area contributed by atoms with Gasteiger partial charge in [-0.05, 0) is 44.3 Å². The maximum Gasteiger partial charge on any atom is 0.226 e. The minimum absolute atomic E-state index is 0.107. The second-order valence-corrected chi connectivity index (χ2v) is 4.32. The summed E-state index contributed by atoms with van der Waals surface area (Å²) in [6.07, 6.45) is 4.56. The lowest BCUT2D eigenvalue weighted by atomic mass is 9.92. The van der Waals surface area contributed by atoms with Crippen molar-refractivity contribution >= 4 is 16.8 Å². The van der Waals surface area contributed by atoms with E-state index < -0.39 is 0 Å². The highest BCUT2D eigenvalue weighted by Crippen LogP contribution is 2.38. The van der Waals surface area contributed by atoms with E-state index in [-0.39, 0.29) is 11.2 Å². The van der Waals surface area contributed by atoms with Gasteiger partial charge >= 0.3 is 0 Å². The molecule has 0 amide bonds. The highest BCUT2D eigenvalue weighted by Gasteiger charge is 2.42. The summed E-state index contributed by atoms with van der Waals surface area (Å²) >= 11 is 5.55. The van der Waals surface area contributed by atoms with Crippen LogP contribution in [0, 0.1) is 5.92 Å². The third-order valence-corrected chi connectivity index (χ3v) is 3.74. The Morgan fingerprint density at radius 2 is 2.00 bits per heavy atom. The number of hydrogen-bond acceptors (Lipinski definition) is 2. The Bertz CT molecular complexity index is 207. The second kappa shape index (κ2) is 3.00. The molecule has 2 bridgehead atoms. The van der Waals surface area contributed by atoms with Crippen LogP contribution < -0.4 is 0 Å². The minimum atomic E-state index is -0.132. The van der Waals surface area contributed by atoms with Gasteiger partial charge in [-0.3, -0.25) is 9.69 Å². The second-order valence-electron chi connectivity index (χ2n) is 3.95. The van der Waals surface area contributed by atoms with Gasteiger partial charge in [-0.25, -0.2) is 0 Å². The summed E-state index contributed by atoms with van der Waals surface area (Å²) in [6.45, 7) is 0. The highest BCUT2D eigenvalue weighted by molar-refractivity contribution is 6.64. The zero-order valence-electron chi connectivity index (χ0n) is 7.29. The number of carbonyl (C=O) groups is 1. The lowest BCUT2D eigenvalue weighted by molar-refractivity contribution is -0.118. The molecule has 2 fully saturated rings. The summed E-state index contributed by atoms with van der Waals surface area (Å²) in [7, 11) is 2.12. The van der Waals surface area contributed by atoms with Crippen LogP contribution in [0.1, 0.15) is 25.7 Å². The van der Waals surface area contributed by atoms with Crippen LogP contribution in [0.15, 0.2) is 0 Å². The van der Waals surface area contributed by atoms with Crippen molar-refractivity contribution in [3.8, 4) is 0 Å². The van der Waals surface area contributed by atoms with E-state index in [1.54, 1.807) is 0 Å². The number of nitrogens with zero attached hydrogens (tertiary/aromatic N) is 1. The van der Waals surface area contributed by atoms with Crippen LogP contribution in [0.4, 0.5) is 0 Å². The predicted octanol–water partition coefficient (Wildman–Crippen LogP) is 1.62. The van der Waals surface area contributed by atoms with E-state index in [1.165, 1.54) is 6.42 Å². The summed E-state index contributed by atoms with van der Waals surface area (Å²) in [6, 6.07) is 1.16. The molecule has 0 aromatic rings. The summed E-state index contributed by atoms with van der Waals surface area (Å²) in [5.74, 6) is 0.107. The van der Waals surface area contributed by atoms with Crippen LogP contribution in [-0.2, 0) is 4.79 Å². The summed E-state index contributed by atoms with van der Waals surface area (Å²) < 4.78 is 0. The van der Waals surface area contributed by atoms with E-state index in [1.807, 2.05) is 0 Å². The smallest absolute Gasteiger partial charge is 0.226 e. The van der Waals surface area contributed by atoms with Gasteiger partial charge in [-0.2, -0.15) is 0 Å². The van der Waals surface area contributed by atoms with E-state index in [0.717, 1.165) is 25.3 Å². The predicted molar refractivity (Wildman–Crippen MR) is 48.2 cm³/mol. The Morgan fingerprint density at radius 1 is 1.33 bits per heavy atom. The van der Waals surface area contributed by atoms with E-state index >= 15 is 0 Å². The molecule has 68 valence electrons. The van der Waals surface area contributed by atoms with Gasteiger partial charge in [0.15, 0.2) is 0 Å². The molecule has 0 radical (unpaired) electrons. The van der Waals surface area contributed by atoms with Crippen LogP contribution in [0.25, 0.3) is 0 Å². The van der Waals surface area contributed by atoms with Crippen LogP contribution in [0.5, 0.6) is 0 Å². The van der Waals surface area contributed by atoms with Crippen molar-refractivity contribution in [3.63, 3.8) is 0 Å². The first-order chi connectivity index (χ1) is 5.70. The fraction of sp³-hybridized carbons (Fsp3) is 0.889. The van der Waals surface area contributed by atoms with Crippen LogP contribution >= 0.6 is 11.6 Å². The number of halogens is 1. The molecule has 0 unspecified atom stereocenters. The van der Waals surface area contributed by atoms with Crippen molar-refractivity contribution in [3.05, 3.63) is 0 Å². The lowest BCUT2D eigenvalue weighted by Gasteiger charge is -2.35. The molecule has 0 aromatic heterocycles. The molecule has 0 spiro atoms. The molecule has 12 heavy (non-hydrogen) atoms. The van der Waals surface area contributed by atoms with Crippen molar-refractivity contribution in [2.75, 3.05) is 7.05 Å². The van der Waals surface area contributed by atoms with Gasteiger partial charge in [0.2, 0.25) is 5.24 Å². The molecule has 2 aliphatic heterocycles. The molecular weight excluding hydrogens is 174 g/mol. The molecule has 2 rings (SSSR count). The number of piperidine rings is 1. The van der Waals surface area contributed by atoms with Gasteiger partial charge < -0.3 is 0 Å². The molecule has 3 heteroatoms. The van der Waals surface area contributed by atoms with Gasteiger partial charge in [0.05, 0.1) is 0 Å². The zero-order chi connectivity index (χ0) is 8.72. The van der Waals surface area contributed by atoms with E-state index in [9.17, 15) is 4.79 Å². The molecule has 0 aliphatic carbocycles. The number of hydrogen-bond donors (Lipinski definition) is 0. The van der Waals surface area contributed by atoms with Gasteiger partial charge in [0.25, 0.3) is 0 Å². The average molecular weight is 188 g/mol. The van der Waals surface area contributed by atoms with Gasteiger partial charge in [0, 0.05) is 18.0 Å². The Balaban J connectivity index is 2.14. The SMILES string of the molecule is CN1[C@@H]2CC[C@H](C(=O)Cl)[C@H]1CC2. The number of fused-ring (bicyclic) bond motifs is 2. The Morgan fingerprint density at radius 3 is 2.67 bits per heavy atom. The van der Waals surface area contributed by atoms with Crippen LogP contribution in [-0.4, -0.2) is 29.3 Å². The Kier molecular flexibility index (Phi) is 2.13. The molecule has 2 aliphatic rings. The van der Waals surface area contributed by atoms with Gasteiger partial charge in [0.1, 0.15) is 0 Å². The molecule has 0 saturated carbocycles. The third-order valence-electron chi connectivity index (χ3n) is 3.46. The molecule has 0 N–H and O–H groups in total. The number of rotatable bonds is 1. The Hall–Kier alpha value is -0.0800. The van der Waals surface area contributed by atoms with E-state index in [4.69, 9.17) is 11.6 Å². The van der Waals surface area contributed by atoms with Crippen LogP contribution in [0.2, 0.25) is 0 Å². The molecule has 2 heterocycles. The van der Waals surface area contributed by atoms with Crippen molar-refractivity contribution in [1.82, 2.24) is 4.90 Å². The van der Waals surface area contributed by atoms with Crippen molar-refractivity contribution in [2.45, 2.75) is 37.8 Å². The third kappa shape index (κ3) is 1.17. The topological polar surface area (TPSA) is 20.3 Å². The summed E-state index contributed by atoms with van der Waals surface area (Å²) in [5.41, 5.74) is 0. The Labute approximate surface area is 77.9 Å². The van der Waals surface area contributed by atoms with Crippen molar-refractivity contribution in [1.29, 1.82) is 0 Å². The monoisotopic (exact) mass is 187 g/mol. The van der Waals surface area contributed by atoms with E-state index in [0.29, 0.717) is 6.04 Å². The van der Waals surface area contributed by atoms with Crippen LogP contribution in [0.3, 0.4) is 0 Å². The first-order valence-electron chi connectivity index (χ1n) is 4.61. The molecule has 3 atom stereocenters. The van der Waals surface area contributed by atoms with Gasteiger partial charge in [-0.1, -0.05) is 0 Å². The standard InChI is InChI=1S/C9H14ClNO/c1-11-6-2-4-7(9(10)12)8(11)5-3-6/h6-8H,2-5H2,1H3/t6-,7+,8-/m1/s1. The first kappa shape index (κ1) is 8.52. The quantitative estimate of drug-likeness (QED) is 0.582. The van der Waals surface area contributed by atoms with Gasteiger partial charge in [-0.15, -0.1) is 0 Å². The highest BCUT2D eigenvalue weighted by atomic mass is 35.5. The zero-order valence-corrected chi connectivity index (χ0v) is 8.05. The fourth-order valence-electron chi connectivity index (χ4n) is 2.70. The summed E-state index contributed by atoms with van der Waals surface area (Å²) in [5, 5.41) is -0.132. The molecule has 0 aromatic carbocycles. The minimum Gasteiger partial charge on any atom is -0.300 e. The number of carbonyl (C=O) groups excluding carboxylic acids is 1. The normalized spacial score (nSPS) is 41.7. The molecule has 2 nitrogen and oxygen atoms in total. The molecular formula is C9H14ClNO. The maximum atomic E-state index is 11.1. The summed E-state index contributed by atoms with van der Waals surface area (Å²) in [4.78, 5) is 13.4. The first-order valence-corrected chi connectivity index (χ1v) is 4.99. The van der Waals surface area contributed by atoms with Crippen molar-refractivity contribution in [2.24, 2.45) is 5.92 Å². The fourth-order valence-corrected chi connectivity index (χ4v) is 2.96. The van der Waals surface area contributed by atoms with Crippen molar-refractivity contribution < 1.29 is 4.79 Å². The largest absolute Gasteiger partial charge is 0.300 e. The van der Waals surface area contributed by atoms with E-state index in [2.05, 4.69) is 11.9 Å². The average Bonchev–Trinajstić information content (AvgIpc) is 2.32.